The number of amides is 1. The van der Waals surface area contributed by atoms with Crippen LogP contribution in [-0.2, 0) is 0 Å². The fourth-order valence-corrected chi connectivity index (χ4v) is 7.35. The van der Waals surface area contributed by atoms with Gasteiger partial charge in [0.25, 0.3) is 11.6 Å². The zero-order valence-electron chi connectivity index (χ0n) is 18.7. The van der Waals surface area contributed by atoms with Gasteiger partial charge in [-0.1, -0.05) is 0 Å². The van der Waals surface area contributed by atoms with Crippen molar-refractivity contribution in [1.82, 2.24) is 5.32 Å². The standard InChI is InChI=1S/C24H34N4O3/c1-16(24-13-17-9-18(14-24)11-19(10-17)15-24)25-23(29)20-3-4-21(22(12-20)28(30)31)27-7-5-26(2)6-8-27/h3-4,12,16-19H,5-11,13-15H2,1-2H3,(H,25,29)/p+1/t16-,17?,18?,19?,24?/m0/s1. The predicted molar refractivity (Wildman–Crippen MR) is 119 cm³/mol. The third-order valence-electron chi connectivity index (χ3n) is 8.74. The summed E-state index contributed by atoms with van der Waals surface area (Å²) in [5.74, 6) is 2.31. The van der Waals surface area contributed by atoms with Gasteiger partial charge in [-0.15, -0.1) is 0 Å². The number of benzene rings is 1. The van der Waals surface area contributed by atoms with E-state index in [9.17, 15) is 14.9 Å². The van der Waals surface area contributed by atoms with Crippen molar-refractivity contribution >= 4 is 17.3 Å². The molecular formula is C24H35N4O3+. The fourth-order valence-electron chi connectivity index (χ4n) is 7.35. The van der Waals surface area contributed by atoms with Gasteiger partial charge in [0.1, 0.15) is 5.69 Å². The minimum absolute atomic E-state index is 0.0367. The van der Waals surface area contributed by atoms with E-state index in [0.29, 0.717) is 11.3 Å². The van der Waals surface area contributed by atoms with E-state index in [1.165, 1.54) is 49.5 Å². The number of rotatable bonds is 5. The van der Waals surface area contributed by atoms with Crippen molar-refractivity contribution in [2.75, 3.05) is 38.1 Å². The highest BCUT2D eigenvalue weighted by Gasteiger charge is 2.53. The topological polar surface area (TPSA) is 79.9 Å². The number of hydrogen-bond acceptors (Lipinski definition) is 4. The number of likely N-dealkylation sites (N-methyl/N-ethyl adjacent to an activating group) is 1. The highest BCUT2D eigenvalue weighted by molar-refractivity contribution is 5.96. The third-order valence-corrected chi connectivity index (χ3v) is 8.74. The molecule has 4 bridgehead atoms. The first-order valence-corrected chi connectivity index (χ1v) is 12.0. The van der Waals surface area contributed by atoms with Gasteiger partial charge in [-0.2, -0.15) is 0 Å². The summed E-state index contributed by atoms with van der Waals surface area (Å²) in [6, 6.07) is 5.10. The molecule has 1 heterocycles. The van der Waals surface area contributed by atoms with Crippen LogP contribution in [0.4, 0.5) is 11.4 Å². The first-order valence-electron chi connectivity index (χ1n) is 12.0. The Hall–Kier alpha value is -2.15. The Morgan fingerprint density at radius 2 is 1.74 bits per heavy atom. The fraction of sp³-hybridized carbons (Fsp3) is 0.708. The molecule has 1 aliphatic heterocycles. The summed E-state index contributed by atoms with van der Waals surface area (Å²) >= 11 is 0. The third kappa shape index (κ3) is 3.81. The Morgan fingerprint density at radius 3 is 2.29 bits per heavy atom. The van der Waals surface area contributed by atoms with Crippen molar-refractivity contribution in [1.29, 1.82) is 0 Å². The zero-order chi connectivity index (χ0) is 21.8. The van der Waals surface area contributed by atoms with Crippen molar-refractivity contribution in [2.24, 2.45) is 23.2 Å². The van der Waals surface area contributed by atoms with Gasteiger partial charge in [0.2, 0.25) is 0 Å². The summed E-state index contributed by atoms with van der Waals surface area (Å²) in [6.45, 7) is 5.66. The Morgan fingerprint density at radius 1 is 1.16 bits per heavy atom. The normalized spacial score (nSPS) is 33.4. The van der Waals surface area contributed by atoms with Gasteiger partial charge in [-0.05, 0) is 80.8 Å². The van der Waals surface area contributed by atoms with Gasteiger partial charge in [0, 0.05) is 17.7 Å². The molecule has 0 radical (unpaired) electrons. The Kier molecular flexibility index (Phi) is 5.19. The highest BCUT2D eigenvalue weighted by atomic mass is 16.6. The number of nitrogens with zero attached hydrogens (tertiary/aromatic N) is 2. The second-order valence-electron chi connectivity index (χ2n) is 10.9. The monoisotopic (exact) mass is 427 g/mol. The summed E-state index contributed by atoms with van der Waals surface area (Å²) < 4.78 is 0. The van der Waals surface area contributed by atoms with Crippen LogP contribution in [0.2, 0.25) is 0 Å². The summed E-state index contributed by atoms with van der Waals surface area (Å²) in [7, 11) is 2.14. The Bertz CT molecular complexity index is 842. The molecule has 4 aliphatic carbocycles. The first-order chi connectivity index (χ1) is 14.8. The summed E-state index contributed by atoms with van der Waals surface area (Å²) in [5, 5.41) is 15.0. The van der Waals surface area contributed by atoms with Crippen molar-refractivity contribution in [2.45, 2.75) is 51.5 Å². The molecule has 1 aromatic rings. The predicted octanol–water partition coefficient (Wildman–Crippen LogP) is 2.26. The lowest BCUT2D eigenvalue weighted by Crippen LogP contribution is -3.12. The van der Waals surface area contributed by atoms with Crippen LogP contribution in [0.5, 0.6) is 0 Å². The highest BCUT2D eigenvalue weighted by Crippen LogP contribution is 2.61. The number of carbonyl (C=O) groups excluding carboxylic acids is 1. The summed E-state index contributed by atoms with van der Waals surface area (Å²) in [4.78, 5) is 28.1. The molecule has 4 saturated carbocycles. The van der Waals surface area contributed by atoms with Gasteiger partial charge >= 0.3 is 0 Å². The van der Waals surface area contributed by atoms with Gasteiger partial charge in [0.05, 0.1) is 38.2 Å². The van der Waals surface area contributed by atoms with Gasteiger partial charge < -0.3 is 15.1 Å². The molecule has 31 heavy (non-hydrogen) atoms. The quantitative estimate of drug-likeness (QED) is 0.558. The lowest BCUT2D eigenvalue weighted by molar-refractivity contribution is -0.880. The van der Waals surface area contributed by atoms with E-state index < -0.39 is 0 Å². The molecule has 0 unspecified atom stereocenters. The lowest BCUT2D eigenvalue weighted by atomic mass is 9.48. The molecule has 1 amide bonds. The maximum atomic E-state index is 13.1. The van der Waals surface area contributed by atoms with Crippen molar-refractivity contribution in [3.8, 4) is 0 Å². The van der Waals surface area contributed by atoms with Gasteiger partial charge in [-0.3, -0.25) is 14.9 Å². The molecule has 0 aromatic heterocycles. The first kappa shape index (κ1) is 20.7. The van der Waals surface area contributed by atoms with Crippen molar-refractivity contribution in [3.63, 3.8) is 0 Å². The van der Waals surface area contributed by atoms with Crippen molar-refractivity contribution in [3.05, 3.63) is 33.9 Å². The van der Waals surface area contributed by atoms with Gasteiger partial charge in [-0.25, -0.2) is 0 Å². The Labute approximate surface area is 184 Å². The van der Waals surface area contributed by atoms with Crippen LogP contribution in [0, 0.1) is 33.3 Å². The molecule has 0 spiro atoms. The maximum Gasteiger partial charge on any atom is 0.293 e. The largest absolute Gasteiger partial charge is 0.355 e. The zero-order valence-corrected chi connectivity index (χ0v) is 18.7. The van der Waals surface area contributed by atoms with Crippen LogP contribution in [0.25, 0.3) is 0 Å². The van der Waals surface area contributed by atoms with E-state index in [1.807, 2.05) is 0 Å². The molecule has 5 fully saturated rings. The van der Waals surface area contributed by atoms with Crippen LogP contribution in [0.3, 0.4) is 0 Å². The summed E-state index contributed by atoms with van der Waals surface area (Å²) in [6.07, 6.45) is 7.81. The van der Waals surface area contributed by atoms with Gasteiger partial charge in [0.15, 0.2) is 0 Å². The van der Waals surface area contributed by atoms with Crippen LogP contribution >= 0.6 is 0 Å². The Balaban J connectivity index is 1.32. The molecule has 7 heteroatoms. The number of anilines is 1. The SMILES string of the molecule is C[C@H](NC(=O)c1ccc(N2CC[NH+](C)CC2)c([N+](=O)[O-])c1)C12CC3CC(CC(C3)C1)C2. The maximum absolute atomic E-state index is 13.1. The number of nitro benzene ring substituents is 1. The number of nitrogens with one attached hydrogen (secondary N) is 2. The lowest BCUT2D eigenvalue weighted by Gasteiger charge is -2.59. The number of quaternary nitrogens is 1. The smallest absolute Gasteiger partial charge is 0.293 e. The number of piperazine rings is 1. The molecule has 7 nitrogen and oxygen atoms in total. The molecule has 168 valence electrons. The van der Waals surface area contributed by atoms with E-state index in [0.717, 1.165) is 43.9 Å². The molecule has 2 N–H and O–H groups in total. The van der Waals surface area contributed by atoms with E-state index in [2.05, 4.69) is 24.2 Å². The number of hydrogen-bond donors (Lipinski definition) is 2. The molecule has 1 saturated heterocycles. The second kappa shape index (κ2) is 7.76. The number of nitro groups is 1. The van der Waals surface area contributed by atoms with Crippen molar-refractivity contribution < 1.29 is 14.6 Å². The van der Waals surface area contributed by atoms with E-state index in [1.54, 1.807) is 12.1 Å². The average molecular weight is 428 g/mol. The number of carbonyl (C=O) groups is 1. The van der Waals surface area contributed by atoms with Crippen LogP contribution in [-0.4, -0.2) is 50.1 Å². The minimum Gasteiger partial charge on any atom is -0.355 e. The summed E-state index contributed by atoms with van der Waals surface area (Å²) in [5.41, 5.74) is 1.28. The second-order valence-corrected chi connectivity index (χ2v) is 10.9. The molecule has 6 rings (SSSR count). The average Bonchev–Trinajstić information content (AvgIpc) is 2.73. The molecular weight excluding hydrogens is 392 g/mol. The van der Waals surface area contributed by atoms with Crippen LogP contribution < -0.4 is 15.1 Å². The molecule has 1 aromatic carbocycles. The molecule has 1 atom stereocenters. The molecule has 5 aliphatic rings. The van der Waals surface area contributed by atoms with E-state index >= 15 is 0 Å². The van der Waals surface area contributed by atoms with Crippen LogP contribution in [0.15, 0.2) is 18.2 Å². The minimum atomic E-state index is -0.347. The van der Waals surface area contributed by atoms with E-state index in [-0.39, 0.29) is 28.0 Å². The van der Waals surface area contributed by atoms with E-state index in [4.69, 9.17) is 0 Å². The van der Waals surface area contributed by atoms with Crippen LogP contribution in [0.1, 0.15) is 55.8 Å².